The van der Waals surface area contributed by atoms with Gasteiger partial charge in [0.2, 0.25) is 0 Å². The average Bonchev–Trinajstić information content (AvgIpc) is 2.91. The van der Waals surface area contributed by atoms with Gasteiger partial charge in [-0.3, -0.25) is 0 Å². The van der Waals surface area contributed by atoms with Crippen molar-refractivity contribution in [3.63, 3.8) is 0 Å². The summed E-state index contributed by atoms with van der Waals surface area (Å²) in [4.78, 5) is 4.07. The van der Waals surface area contributed by atoms with Crippen molar-refractivity contribution in [1.29, 1.82) is 0 Å². The van der Waals surface area contributed by atoms with E-state index in [1.807, 2.05) is 18.7 Å². The summed E-state index contributed by atoms with van der Waals surface area (Å²) in [5, 5.41) is 3.62. The Balaban J connectivity index is 1.90. The Hall–Kier alpha value is -1.61. The van der Waals surface area contributed by atoms with Gasteiger partial charge < -0.3 is 9.88 Å². The van der Waals surface area contributed by atoms with Crippen LogP contribution >= 0.6 is 0 Å². The molecule has 2 rings (SSSR count). The normalized spacial score (nSPS) is 14.3. The highest BCUT2D eigenvalue weighted by molar-refractivity contribution is 5.24. The molecule has 0 aliphatic heterocycles. The molecule has 0 saturated heterocycles. The lowest BCUT2D eigenvalue weighted by Crippen LogP contribution is -2.32. The van der Waals surface area contributed by atoms with E-state index < -0.39 is 0 Å². The van der Waals surface area contributed by atoms with Gasteiger partial charge in [-0.1, -0.05) is 31.2 Å². The van der Waals surface area contributed by atoms with Crippen LogP contribution in [0.15, 0.2) is 43.0 Å². The van der Waals surface area contributed by atoms with Crippen molar-refractivity contribution in [3.05, 3.63) is 54.1 Å². The van der Waals surface area contributed by atoms with Crippen LogP contribution < -0.4 is 5.32 Å². The van der Waals surface area contributed by atoms with Crippen molar-refractivity contribution in [2.24, 2.45) is 0 Å². The second-order valence-electron chi connectivity index (χ2n) is 5.14. The first-order valence-corrected chi connectivity index (χ1v) is 6.99. The molecule has 19 heavy (non-hydrogen) atoms. The highest BCUT2D eigenvalue weighted by Gasteiger charge is 2.09. The fraction of sp³-hybridized carbons (Fsp3) is 0.438. The predicted octanol–water partition coefficient (Wildman–Crippen LogP) is 3.18. The fourth-order valence-corrected chi connectivity index (χ4v) is 2.33. The Kier molecular flexibility index (Phi) is 4.74. The minimum atomic E-state index is 0.365. The number of hydrogen-bond acceptors (Lipinski definition) is 2. The molecule has 0 saturated carbocycles. The maximum atomic E-state index is 4.07. The highest BCUT2D eigenvalue weighted by atomic mass is 15.1. The Bertz CT molecular complexity index is 473. The third kappa shape index (κ3) is 3.93. The number of hydrogen-bond donors (Lipinski definition) is 1. The van der Waals surface area contributed by atoms with Gasteiger partial charge in [-0.15, -0.1) is 0 Å². The zero-order valence-electron chi connectivity index (χ0n) is 12.0. The van der Waals surface area contributed by atoms with Crippen LogP contribution in [0.3, 0.4) is 0 Å². The molecule has 3 nitrogen and oxygen atoms in total. The van der Waals surface area contributed by atoms with Crippen LogP contribution in [0.25, 0.3) is 0 Å². The van der Waals surface area contributed by atoms with Crippen LogP contribution in [0.4, 0.5) is 0 Å². The van der Waals surface area contributed by atoms with E-state index in [1.165, 1.54) is 11.1 Å². The van der Waals surface area contributed by atoms with Crippen LogP contribution in [0.1, 0.15) is 37.9 Å². The number of aromatic nitrogens is 2. The summed E-state index contributed by atoms with van der Waals surface area (Å²) >= 11 is 0. The molecule has 2 atom stereocenters. The molecule has 0 fully saturated rings. The van der Waals surface area contributed by atoms with E-state index in [9.17, 15) is 0 Å². The van der Waals surface area contributed by atoms with Crippen molar-refractivity contribution >= 4 is 0 Å². The van der Waals surface area contributed by atoms with Crippen LogP contribution in [-0.4, -0.2) is 15.6 Å². The van der Waals surface area contributed by atoms with Crippen molar-refractivity contribution in [2.45, 2.75) is 45.8 Å². The van der Waals surface area contributed by atoms with E-state index in [-0.39, 0.29) is 0 Å². The van der Waals surface area contributed by atoms with Crippen LogP contribution in [0.2, 0.25) is 0 Å². The molecular formula is C16H23N3. The minimum Gasteiger partial charge on any atom is -0.336 e. The molecule has 1 N–H and O–H groups in total. The molecule has 0 bridgehead atoms. The Morgan fingerprint density at radius 1 is 1.21 bits per heavy atom. The quantitative estimate of drug-likeness (QED) is 0.861. The molecule has 102 valence electrons. The van der Waals surface area contributed by atoms with Crippen LogP contribution in [0, 0.1) is 0 Å². The first-order chi connectivity index (χ1) is 9.19. The summed E-state index contributed by atoms with van der Waals surface area (Å²) in [5.41, 5.74) is 2.73. The zero-order chi connectivity index (χ0) is 13.7. The Morgan fingerprint density at radius 3 is 2.53 bits per heavy atom. The summed E-state index contributed by atoms with van der Waals surface area (Å²) in [7, 11) is 0. The van der Waals surface area contributed by atoms with Gasteiger partial charge in [0.25, 0.3) is 0 Å². The third-order valence-corrected chi connectivity index (χ3v) is 3.47. The Labute approximate surface area is 115 Å². The topological polar surface area (TPSA) is 29.9 Å². The van der Waals surface area contributed by atoms with Crippen molar-refractivity contribution in [2.75, 3.05) is 0 Å². The fourth-order valence-electron chi connectivity index (χ4n) is 2.33. The molecule has 0 radical (unpaired) electrons. The molecule has 0 aliphatic rings. The van der Waals surface area contributed by atoms with Gasteiger partial charge >= 0.3 is 0 Å². The lowest BCUT2D eigenvalue weighted by molar-refractivity contribution is 0.430. The van der Waals surface area contributed by atoms with Gasteiger partial charge in [-0.25, -0.2) is 4.98 Å². The second kappa shape index (κ2) is 6.53. The van der Waals surface area contributed by atoms with E-state index in [4.69, 9.17) is 0 Å². The molecule has 0 amide bonds. The monoisotopic (exact) mass is 257 g/mol. The Morgan fingerprint density at radius 2 is 1.95 bits per heavy atom. The number of aryl methyl sites for hydroxylation is 1. The predicted molar refractivity (Wildman–Crippen MR) is 79.1 cm³/mol. The number of imidazole rings is 1. The summed E-state index contributed by atoms with van der Waals surface area (Å²) in [5.74, 6) is 0. The van der Waals surface area contributed by atoms with Gasteiger partial charge in [-0.05, 0) is 31.4 Å². The van der Waals surface area contributed by atoms with Gasteiger partial charge in [0.05, 0.1) is 6.33 Å². The zero-order valence-corrected chi connectivity index (χ0v) is 12.0. The number of benzene rings is 1. The van der Waals surface area contributed by atoms with Gasteiger partial charge in [0.1, 0.15) is 0 Å². The standard InChI is InChI=1S/C16H23N3/c1-4-15-5-7-16(8-6-15)14(3)18-13(2)11-19-10-9-17-12-19/h5-10,12-14,18H,4,11H2,1-3H3. The molecule has 2 unspecified atom stereocenters. The highest BCUT2D eigenvalue weighted by Crippen LogP contribution is 2.14. The van der Waals surface area contributed by atoms with Crippen molar-refractivity contribution in [1.82, 2.24) is 14.9 Å². The summed E-state index contributed by atoms with van der Waals surface area (Å²) in [6.07, 6.45) is 6.77. The van der Waals surface area contributed by atoms with Crippen molar-refractivity contribution < 1.29 is 0 Å². The number of nitrogens with one attached hydrogen (secondary N) is 1. The van der Waals surface area contributed by atoms with Crippen LogP contribution in [-0.2, 0) is 13.0 Å². The largest absolute Gasteiger partial charge is 0.336 e. The van der Waals surface area contributed by atoms with Crippen LogP contribution in [0.5, 0.6) is 0 Å². The molecule has 1 aromatic heterocycles. The van der Waals surface area contributed by atoms with E-state index in [0.717, 1.165) is 13.0 Å². The van der Waals surface area contributed by atoms with Crippen molar-refractivity contribution in [3.8, 4) is 0 Å². The SMILES string of the molecule is CCc1ccc(C(C)NC(C)Cn2ccnc2)cc1. The maximum absolute atomic E-state index is 4.07. The van der Waals surface area contributed by atoms with E-state index in [1.54, 1.807) is 0 Å². The summed E-state index contributed by atoms with van der Waals surface area (Å²) in [6.45, 7) is 7.55. The second-order valence-corrected chi connectivity index (χ2v) is 5.14. The molecule has 1 heterocycles. The average molecular weight is 257 g/mol. The molecule has 1 aromatic carbocycles. The van der Waals surface area contributed by atoms with Gasteiger partial charge in [0.15, 0.2) is 0 Å². The molecule has 0 aliphatic carbocycles. The van der Waals surface area contributed by atoms with E-state index in [2.05, 4.69) is 59.9 Å². The van der Waals surface area contributed by atoms with E-state index >= 15 is 0 Å². The van der Waals surface area contributed by atoms with Gasteiger partial charge in [0, 0.05) is 31.0 Å². The minimum absolute atomic E-state index is 0.365. The third-order valence-electron chi connectivity index (χ3n) is 3.47. The molecule has 0 spiro atoms. The molecular weight excluding hydrogens is 234 g/mol. The lowest BCUT2D eigenvalue weighted by Gasteiger charge is -2.21. The molecule has 2 aromatic rings. The van der Waals surface area contributed by atoms with E-state index in [0.29, 0.717) is 12.1 Å². The molecule has 3 heteroatoms. The number of nitrogens with zero attached hydrogens (tertiary/aromatic N) is 2. The number of rotatable bonds is 6. The maximum Gasteiger partial charge on any atom is 0.0946 e. The van der Waals surface area contributed by atoms with Gasteiger partial charge in [-0.2, -0.15) is 0 Å². The smallest absolute Gasteiger partial charge is 0.0946 e. The lowest BCUT2D eigenvalue weighted by atomic mass is 10.0. The summed E-state index contributed by atoms with van der Waals surface area (Å²) in [6, 6.07) is 9.66. The summed E-state index contributed by atoms with van der Waals surface area (Å²) < 4.78 is 2.10. The first kappa shape index (κ1) is 13.8. The first-order valence-electron chi connectivity index (χ1n) is 6.99.